The number of rotatable bonds is 1. The van der Waals surface area contributed by atoms with Crippen LogP contribution in [0, 0.1) is 0 Å². The topological polar surface area (TPSA) is 66.5 Å². The zero-order valence-corrected chi connectivity index (χ0v) is 5.62. The van der Waals surface area contributed by atoms with Crippen LogP contribution in [0.1, 0.15) is 6.92 Å². The van der Waals surface area contributed by atoms with Crippen LogP contribution in [0.5, 0.6) is 0 Å². The lowest BCUT2D eigenvalue weighted by molar-refractivity contribution is 0.465. The lowest BCUT2D eigenvalue weighted by atomic mass is 10.8. The van der Waals surface area contributed by atoms with Gasteiger partial charge in [0, 0.05) is 0 Å². The van der Waals surface area contributed by atoms with E-state index in [2.05, 4.69) is 11.8 Å². The van der Waals surface area contributed by atoms with Crippen LogP contribution in [0.3, 0.4) is 0 Å². The highest BCUT2D eigenvalue weighted by Gasteiger charge is 2.11. The van der Waals surface area contributed by atoms with Gasteiger partial charge in [-0.05, 0) is 18.7 Å². The Kier molecular flexibility index (Phi) is 2.37. The van der Waals surface area contributed by atoms with Crippen molar-refractivity contribution in [3.8, 4) is 0 Å². The Morgan fingerprint density at radius 1 is 1.71 bits per heavy atom. The molecule has 0 rings (SSSR count). The van der Waals surface area contributed by atoms with Crippen LogP contribution in [0.2, 0.25) is 0 Å². The molecule has 5 heteroatoms. The first-order valence-corrected chi connectivity index (χ1v) is 4.53. The van der Waals surface area contributed by atoms with Gasteiger partial charge in [-0.2, -0.15) is 0 Å². The minimum absolute atomic E-state index is 0.664. The summed E-state index contributed by atoms with van der Waals surface area (Å²) in [7, 11) is 0. The summed E-state index contributed by atoms with van der Waals surface area (Å²) in [5.74, 6) is -0.664. The molecular formula is C2H8NO2PS. The van der Waals surface area contributed by atoms with Gasteiger partial charge in [0.25, 0.3) is 0 Å². The molecule has 0 aromatic carbocycles. The summed E-state index contributed by atoms with van der Waals surface area (Å²) in [5, 5.41) is 0. The van der Waals surface area contributed by atoms with Crippen molar-refractivity contribution in [2.24, 2.45) is 5.73 Å². The minimum Gasteiger partial charge on any atom is -0.344 e. The quantitative estimate of drug-likeness (QED) is 0.434. The van der Waals surface area contributed by atoms with Crippen molar-refractivity contribution in [3.05, 3.63) is 0 Å². The van der Waals surface area contributed by atoms with E-state index in [1.165, 1.54) is 6.92 Å². The number of hydrogen-bond donors (Lipinski definition) is 3. The molecule has 0 spiro atoms. The second-order valence-corrected chi connectivity index (χ2v) is 4.93. The first-order valence-electron chi connectivity index (χ1n) is 1.75. The Morgan fingerprint density at radius 3 is 1.86 bits per heavy atom. The first kappa shape index (κ1) is 7.53. The zero-order chi connectivity index (χ0) is 6.08. The highest BCUT2D eigenvalue weighted by Crippen LogP contribution is 2.37. The van der Waals surface area contributed by atoms with E-state index in [9.17, 15) is 0 Å². The predicted octanol–water partition coefficient (Wildman–Crippen LogP) is -0.415. The molecule has 44 valence electrons. The van der Waals surface area contributed by atoms with Gasteiger partial charge in [-0.3, -0.25) is 0 Å². The Labute approximate surface area is 47.3 Å². The van der Waals surface area contributed by atoms with Gasteiger partial charge in [0.2, 0.25) is 0 Å². The third-order valence-corrected chi connectivity index (χ3v) is 2.59. The van der Waals surface area contributed by atoms with E-state index in [-0.39, 0.29) is 0 Å². The van der Waals surface area contributed by atoms with Gasteiger partial charge in [0.15, 0.2) is 6.49 Å². The van der Waals surface area contributed by atoms with Gasteiger partial charge in [0.1, 0.15) is 0 Å². The maximum Gasteiger partial charge on any atom is 0.200 e. The normalized spacial score (nSPS) is 16.6. The molecule has 0 saturated carbocycles. The third kappa shape index (κ3) is 3.14. The third-order valence-electron chi connectivity index (χ3n) is 0.531. The molecule has 3 nitrogen and oxygen atoms in total. The molecule has 0 fully saturated rings. The predicted molar refractivity (Wildman–Crippen MR) is 32.4 cm³/mol. The van der Waals surface area contributed by atoms with Crippen molar-refractivity contribution in [2.75, 3.05) is 0 Å². The maximum absolute atomic E-state index is 8.45. The summed E-state index contributed by atoms with van der Waals surface area (Å²) in [6, 6.07) is 0. The Balaban J connectivity index is 3.80. The summed E-state index contributed by atoms with van der Waals surface area (Å²) >= 11 is 4.21. The van der Waals surface area contributed by atoms with E-state index < -0.39 is 12.3 Å². The largest absolute Gasteiger partial charge is 0.344 e. The van der Waals surface area contributed by atoms with Gasteiger partial charge in [-0.15, -0.1) is 0 Å². The molecule has 0 aliphatic carbocycles. The first-order chi connectivity index (χ1) is 2.94. The van der Waals surface area contributed by atoms with Crippen molar-refractivity contribution in [1.82, 2.24) is 0 Å². The molecule has 0 heterocycles. The lowest BCUT2D eigenvalue weighted by Gasteiger charge is -2.09. The van der Waals surface area contributed by atoms with Crippen molar-refractivity contribution in [1.29, 1.82) is 0 Å². The van der Waals surface area contributed by atoms with Gasteiger partial charge < -0.3 is 15.5 Å². The van der Waals surface area contributed by atoms with Crippen LogP contribution in [-0.4, -0.2) is 15.6 Å². The molecule has 0 radical (unpaired) electrons. The molecular weight excluding hydrogens is 133 g/mol. The van der Waals surface area contributed by atoms with Gasteiger partial charge in [-0.25, -0.2) is 0 Å². The van der Waals surface area contributed by atoms with E-state index >= 15 is 0 Å². The average molecular weight is 141 g/mol. The molecule has 0 saturated heterocycles. The molecule has 4 N–H and O–H groups in total. The molecule has 0 aliphatic heterocycles. The summed E-state index contributed by atoms with van der Waals surface area (Å²) in [6.07, 6.45) is 0. The fourth-order valence-electron chi connectivity index (χ4n) is 0. The summed E-state index contributed by atoms with van der Waals surface area (Å²) < 4.78 is 0. The molecule has 0 aromatic heterocycles. The second-order valence-electron chi connectivity index (χ2n) is 1.33. The zero-order valence-electron chi connectivity index (χ0n) is 3.90. The molecule has 0 aliphatic rings. The van der Waals surface area contributed by atoms with E-state index in [1.54, 1.807) is 0 Å². The maximum atomic E-state index is 8.45. The fraction of sp³-hybridized carbons (Fsp3) is 1.00. The molecule has 0 amide bonds. The van der Waals surface area contributed by atoms with E-state index in [0.29, 0.717) is 0 Å². The van der Waals surface area contributed by atoms with Crippen LogP contribution >= 0.6 is 6.49 Å². The summed E-state index contributed by atoms with van der Waals surface area (Å²) in [6.45, 7) is -1.65. The summed E-state index contributed by atoms with van der Waals surface area (Å²) in [4.78, 5) is 16.9. The van der Waals surface area contributed by atoms with Crippen molar-refractivity contribution < 1.29 is 9.79 Å². The van der Waals surface area contributed by atoms with Crippen molar-refractivity contribution in [2.45, 2.75) is 12.7 Å². The van der Waals surface area contributed by atoms with Gasteiger partial charge >= 0.3 is 0 Å². The highest BCUT2D eigenvalue weighted by atomic mass is 32.5. The van der Waals surface area contributed by atoms with Crippen LogP contribution in [0.25, 0.3) is 0 Å². The SMILES string of the molecule is CC(N)P(O)(O)=S. The molecule has 1 atom stereocenters. The molecule has 0 bridgehead atoms. The van der Waals surface area contributed by atoms with E-state index in [1.807, 2.05) is 0 Å². The lowest BCUT2D eigenvalue weighted by Crippen LogP contribution is -2.13. The van der Waals surface area contributed by atoms with Gasteiger partial charge in [-0.1, -0.05) is 0 Å². The van der Waals surface area contributed by atoms with Crippen LogP contribution < -0.4 is 5.73 Å². The number of nitrogens with two attached hydrogens (primary N) is 1. The average Bonchev–Trinajstić information content (AvgIpc) is 1.31. The second kappa shape index (κ2) is 2.20. The Hall–Kier alpha value is 0.530. The van der Waals surface area contributed by atoms with Crippen molar-refractivity contribution in [3.63, 3.8) is 0 Å². The van der Waals surface area contributed by atoms with Crippen LogP contribution in [0.15, 0.2) is 0 Å². The fourth-order valence-corrected chi connectivity index (χ4v) is 0. The molecule has 7 heavy (non-hydrogen) atoms. The van der Waals surface area contributed by atoms with E-state index in [0.717, 1.165) is 0 Å². The van der Waals surface area contributed by atoms with Crippen LogP contribution in [0.4, 0.5) is 0 Å². The minimum atomic E-state index is -3.13. The van der Waals surface area contributed by atoms with Crippen molar-refractivity contribution >= 4 is 18.3 Å². The Morgan fingerprint density at radius 2 is 1.86 bits per heavy atom. The smallest absolute Gasteiger partial charge is 0.200 e. The van der Waals surface area contributed by atoms with Crippen LogP contribution in [-0.2, 0) is 11.8 Å². The van der Waals surface area contributed by atoms with Gasteiger partial charge in [0.05, 0.1) is 5.78 Å². The summed E-state index contributed by atoms with van der Waals surface area (Å²) in [5.41, 5.74) is 5.01. The monoisotopic (exact) mass is 141 g/mol. The van der Waals surface area contributed by atoms with E-state index in [4.69, 9.17) is 15.5 Å². The molecule has 1 unspecified atom stereocenters. The molecule has 0 aromatic rings. The standard InChI is InChI=1S/C2H8NO2PS/c1-2(3)6(4,5)7/h2H,3H2,1H3,(H2,4,5,7). The highest BCUT2D eigenvalue weighted by molar-refractivity contribution is 8.09. The number of hydrogen-bond acceptors (Lipinski definition) is 2. The Bertz CT molecular complexity index is 97.9.